The lowest BCUT2D eigenvalue weighted by molar-refractivity contribution is -0.127. The molecule has 0 spiro atoms. The number of hydrogen-bond acceptors (Lipinski definition) is 3. The molecule has 1 aliphatic heterocycles. The number of aryl methyl sites for hydroxylation is 1. The van der Waals surface area contributed by atoms with Gasteiger partial charge in [0.25, 0.3) is 11.8 Å². The Balaban J connectivity index is 1.38. The fraction of sp³-hybridized carbons (Fsp3) is 0.444. The summed E-state index contributed by atoms with van der Waals surface area (Å²) >= 11 is 12.1. The lowest BCUT2D eigenvalue weighted by Crippen LogP contribution is -2.55. The molecule has 2 fully saturated rings. The monoisotopic (exact) mass is 515 g/mol. The summed E-state index contributed by atoms with van der Waals surface area (Å²) in [4.78, 5) is 40.8. The van der Waals surface area contributed by atoms with E-state index in [4.69, 9.17) is 23.2 Å². The van der Waals surface area contributed by atoms with Crippen molar-refractivity contribution in [1.82, 2.24) is 15.5 Å². The maximum atomic E-state index is 13.2. The van der Waals surface area contributed by atoms with Gasteiger partial charge in [-0.3, -0.25) is 14.4 Å². The molecule has 8 heteroatoms. The van der Waals surface area contributed by atoms with Crippen LogP contribution < -0.4 is 10.6 Å². The van der Waals surface area contributed by atoms with Crippen LogP contribution in [-0.4, -0.2) is 47.8 Å². The number of nitrogens with zero attached hydrogens (tertiary/aromatic N) is 1. The third kappa shape index (κ3) is 6.17. The van der Waals surface area contributed by atoms with Gasteiger partial charge in [0.05, 0.1) is 16.0 Å². The van der Waals surface area contributed by atoms with Crippen LogP contribution in [0.4, 0.5) is 0 Å². The van der Waals surface area contributed by atoms with Crippen molar-refractivity contribution in [2.45, 2.75) is 57.5 Å². The second-order valence-electron chi connectivity index (χ2n) is 9.51. The summed E-state index contributed by atoms with van der Waals surface area (Å²) in [6.45, 7) is 2.88. The predicted octanol–water partition coefficient (Wildman–Crippen LogP) is 5.01. The average Bonchev–Trinajstić information content (AvgIpc) is 2.86. The Labute approximate surface area is 216 Å². The molecule has 3 atom stereocenters. The lowest BCUT2D eigenvalue weighted by atomic mass is 9.88. The quantitative estimate of drug-likeness (QED) is 0.587. The third-order valence-corrected chi connectivity index (χ3v) is 7.78. The van der Waals surface area contributed by atoms with Crippen molar-refractivity contribution in [3.8, 4) is 0 Å². The Morgan fingerprint density at radius 1 is 0.886 bits per heavy atom. The van der Waals surface area contributed by atoms with Crippen LogP contribution in [0.5, 0.6) is 0 Å². The van der Waals surface area contributed by atoms with Crippen LogP contribution in [0.3, 0.4) is 0 Å². The van der Waals surface area contributed by atoms with E-state index in [0.29, 0.717) is 34.3 Å². The van der Waals surface area contributed by atoms with E-state index >= 15 is 0 Å². The Hall–Kier alpha value is -2.57. The Bertz CT molecular complexity index is 1110. The molecule has 1 saturated heterocycles. The lowest BCUT2D eigenvalue weighted by Gasteiger charge is -2.36. The summed E-state index contributed by atoms with van der Waals surface area (Å²) in [5.74, 6) is -0.601. The molecule has 0 bridgehead atoms. The molecule has 1 aliphatic carbocycles. The first-order chi connectivity index (χ1) is 16.8. The molecule has 2 N–H and O–H groups in total. The molecule has 2 aromatic carbocycles. The summed E-state index contributed by atoms with van der Waals surface area (Å²) < 4.78 is 0. The predicted molar refractivity (Wildman–Crippen MR) is 138 cm³/mol. The summed E-state index contributed by atoms with van der Waals surface area (Å²) in [5, 5.41) is 7.08. The van der Waals surface area contributed by atoms with Gasteiger partial charge < -0.3 is 15.5 Å². The summed E-state index contributed by atoms with van der Waals surface area (Å²) in [6.07, 6.45) is 5.15. The topological polar surface area (TPSA) is 78.5 Å². The van der Waals surface area contributed by atoms with Crippen LogP contribution in [0.1, 0.15) is 64.8 Å². The zero-order valence-corrected chi connectivity index (χ0v) is 21.4. The smallest absolute Gasteiger partial charge is 0.253 e. The van der Waals surface area contributed by atoms with Crippen LogP contribution in [0.25, 0.3) is 0 Å². The van der Waals surface area contributed by atoms with E-state index in [1.54, 1.807) is 23.1 Å². The van der Waals surface area contributed by atoms with Crippen molar-refractivity contribution in [2.24, 2.45) is 5.92 Å². The molecule has 186 valence electrons. The normalized spacial score (nSPS) is 22.4. The number of benzene rings is 2. The Morgan fingerprint density at radius 2 is 1.60 bits per heavy atom. The number of amides is 3. The van der Waals surface area contributed by atoms with Crippen LogP contribution in [-0.2, 0) is 4.79 Å². The third-order valence-electron chi connectivity index (χ3n) is 7.05. The summed E-state index contributed by atoms with van der Waals surface area (Å²) in [7, 11) is 0. The van der Waals surface area contributed by atoms with Crippen molar-refractivity contribution >= 4 is 40.9 Å². The molecule has 35 heavy (non-hydrogen) atoms. The largest absolute Gasteiger partial charge is 0.351 e. The van der Waals surface area contributed by atoms with Crippen LogP contribution in [0.2, 0.25) is 10.0 Å². The van der Waals surface area contributed by atoms with Gasteiger partial charge in [0, 0.05) is 36.3 Å². The van der Waals surface area contributed by atoms with Gasteiger partial charge in [-0.15, -0.1) is 0 Å². The van der Waals surface area contributed by atoms with Gasteiger partial charge in [0.2, 0.25) is 5.91 Å². The molecule has 0 aromatic heterocycles. The number of likely N-dealkylation sites (tertiary alicyclic amines) is 1. The minimum atomic E-state index is -0.287. The van der Waals surface area contributed by atoms with E-state index in [2.05, 4.69) is 10.6 Å². The van der Waals surface area contributed by atoms with Gasteiger partial charge in [-0.25, -0.2) is 0 Å². The van der Waals surface area contributed by atoms with Gasteiger partial charge in [-0.1, -0.05) is 54.2 Å². The summed E-state index contributed by atoms with van der Waals surface area (Å²) in [5.41, 5.74) is 2.05. The fourth-order valence-electron chi connectivity index (χ4n) is 5.04. The van der Waals surface area contributed by atoms with E-state index in [9.17, 15) is 14.4 Å². The molecule has 2 aliphatic rings. The van der Waals surface area contributed by atoms with Crippen molar-refractivity contribution in [3.63, 3.8) is 0 Å². The molecule has 0 radical (unpaired) electrons. The first-order valence-corrected chi connectivity index (χ1v) is 13.0. The van der Waals surface area contributed by atoms with E-state index in [1.165, 1.54) is 0 Å². The number of piperidine rings is 1. The Kier molecular flexibility index (Phi) is 8.34. The molecular formula is C27H31Cl2N3O3. The number of carbonyl (C=O) groups is 3. The van der Waals surface area contributed by atoms with Gasteiger partial charge in [-0.2, -0.15) is 0 Å². The number of halogens is 2. The number of hydrogen-bond donors (Lipinski definition) is 2. The van der Waals surface area contributed by atoms with Gasteiger partial charge in [0.15, 0.2) is 0 Å². The number of nitrogens with one attached hydrogen (secondary N) is 2. The van der Waals surface area contributed by atoms with E-state index in [-0.39, 0.29) is 35.7 Å². The SMILES string of the molecule is Cc1ccccc1C(=O)N[C@@H]1CCCC[C@H]1NC(=O)C1CCCN(C(=O)c2ccc(Cl)c(Cl)c2)C1. The van der Waals surface area contributed by atoms with E-state index in [1.807, 2.05) is 31.2 Å². The molecule has 1 unspecified atom stereocenters. The molecule has 2 aromatic rings. The molecule has 1 heterocycles. The highest BCUT2D eigenvalue weighted by molar-refractivity contribution is 6.42. The highest BCUT2D eigenvalue weighted by Gasteiger charge is 2.33. The standard InChI is InChI=1S/C27H31Cl2N3O3/c1-17-7-2-3-9-20(17)26(34)31-24-11-5-4-10-23(24)30-25(33)19-8-6-14-32(16-19)27(35)18-12-13-21(28)22(29)15-18/h2-3,7,9,12-13,15,19,23-24H,4-6,8,10-11,14,16H2,1H3,(H,30,33)(H,31,34)/t19?,23-,24-/m1/s1. The van der Waals surface area contributed by atoms with Crippen molar-refractivity contribution in [1.29, 1.82) is 0 Å². The van der Waals surface area contributed by atoms with Crippen molar-refractivity contribution in [2.75, 3.05) is 13.1 Å². The van der Waals surface area contributed by atoms with Crippen LogP contribution in [0.15, 0.2) is 42.5 Å². The van der Waals surface area contributed by atoms with E-state index in [0.717, 1.165) is 44.1 Å². The average molecular weight is 516 g/mol. The Morgan fingerprint density at radius 3 is 2.31 bits per heavy atom. The molecule has 3 amide bonds. The van der Waals surface area contributed by atoms with E-state index < -0.39 is 0 Å². The molecule has 6 nitrogen and oxygen atoms in total. The zero-order valence-electron chi connectivity index (χ0n) is 19.9. The highest BCUT2D eigenvalue weighted by Crippen LogP contribution is 2.26. The van der Waals surface area contributed by atoms with Gasteiger partial charge in [-0.05, 0) is 62.4 Å². The maximum Gasteiger partial charge on any atom is 0.253 e. The zero-order chi connectivity index (χ0) is 24.9. The minimum absolute atomic E-state index is 0.0568. The summed E-state index contributed by atoms with van der Waals surface area (Å²) in [6, 6.07) is 12.1. The van der Waals surface area contributed by atoms with Crippen molar-refractivity contribution < 1.29 is 14.4 Å². The second-order valence-corrected chi connectivity index (χ2v) is 10.3. The number of rotatable bonds is 5. The maximum absolute atomic E-state index is 13.2. The fourth-order valence-corrected chi connectivity index (χ4v) is 5.34. The van der Waals surface area contributed by atoms with Crippen LogP contribution in [0, 0.1) is 12.8 Å². The van der Waals surface area contributed by atoms with Gasteiger partial charge in [0.1, 0.15) is 0 Å². The first kappa shape index (κ1) is 25.5. The highest BCUT2D eigenvalue weighted by atomic mass is 35.5. The second kappa shape index (κ2) is 11.4. The van der Waals surface area contributed by atoms with Crippen LogP contribution >= 0.6 is 23.2 Å². The number of carbonyl (C=O) groups excluding carboxylic acids is 3. The molecule has 4 rings (SSSR count). The molecular weight excluding hydrogens is 485 g/mol. The first-order valence-electron chi connectivity index (χ1n) is 12.2. The van der Waals surface area contributed by atoms with Gasteiger partial charge >= 0.3 is 0 Å². The minimum Gasteiger partial charge on any atom is -0.351 e. The molecule has 1 saturated carbocycles. The van der Waals surface area contributed by atoms with Crippen molar-refractivity contribution in [3.05, 3.63) is 69.2 Å².